The van der Waals surface area contributed by atoms with Gasteiger partial charge in [0, 0.05) is 26.2 Å². The second kappa shape index (κ2) is 4.72. The lowest BCUT2D eigenvalue weighted by Gasteiger charge is -2.40. The molecule has 0 aromatic rings. The molecule has 0 atom stereocenters. The van der Waals surface area contributed by atoms with Crippen LogP contribution < -0.4 is 5.32 Å². The molecule has 1 saturated carbocycles. The van der Waals surface area contributed by atoms with Crippen LogP contribution in [0.1, 0.15) is 25.7 Å². The molecule has 0 bridgehead atoms. The minimum absolute atomic E-state index is 0.197. The van der Waals surface area contributed by atoms with Gasteiger partial charge in [0.25, 0.3) is 0 Å². The average molecular weight is 225 g/mol. The van der Waals surface area contributed by atoms with E-state index in [-0.39, 0.29) is 5.54 Å². The number of carbonyl (C=O) groups excluding carboxylic acids is 1. The quantitative estimate of drug-likeness (QED) is 0.734. The highest BCUT2D eigenvalue weighted by molar-refractivity contribution is 5.86. The molecule has 92 valence electrons. The van der Waals surface area contributed by atoms with Gasteiger partial charge in [0.1, 0.15) is 5.54 Å². The molecular weight excluding hydrogens is 202 g/mol. The van der Waals surface area contributed by atoms with Crippen molar-refractivity contribution in [2.24, 2.45) is 0 Å². The van der Waals surface area contributed by atoms with Gasteiger partial charge < -0.3 is 10.2 Å². The fraction of sp³-hybridized carbons (Fsp3) is 0.917. The fourth-order valence-electron chi connectivity index (χ4n) is 2.97. The molecule has 0 spiro atoms. The Kier molecular flexibility index (Phi) is 3.50. The molecule has 2 rings (SSSR count). The first-order valence-corrected chi connectivity index (χ1v) is 6.34. The van der Waals surface area contributed by atoms with Gasteiger partial charge in [-0.25, -0.2) is 0 Å². The smallest absolute Gasteiger partial charge is 0.243 e. The Morgan fingerprint density at radius 2 is 1.75 bits per heavy atom. The minimum atomic E-state index is -0.197. The van der Waals surface area contributed by atoms with Crippen molar-refractivity contribution in [3.05, 3.63) is 0 Å². The average Bonchev–Trinajstić information content (AvgIpc) is 2.79. The van der Waals surface area contributed by atoms with Crippen molar-refractivity contribution >= 4 is 5.91 Å². The van der Waals surface area contributed by atoms with E-state index in [0.29, 0.717) is 5.91 Å². The highest BCUT2D eigenvalue weighted by Crippen LogP contribution is 2.35. The predicted molar refractivity (Wildman–Crippen MR) is 64.3 cm³/mol. The maximum atomic E-state index is 12.6. The van der Waals surface area contributed by atoms with E-state index in [2.05, 4.69) is 10.2 Å². The van der Waals surface area contributed by atoms with Gasteiger partial charge in [-0.05, 0) is 26.9 Å². The number of rotatable bonds is 2. The zero-order valence-corrected chi connectivity index (χ0v) is 10.5. The third-order valence-corrected chi connectivity index (χ3v) is 4.09. The monoisotopic (exact) mass is 225 g/mol. The molecule has 1 heterocycles. The number of piperazine rings is 1. The molecule has 1 N–H and O–H groups in total. The highest BCUT2D eigenvalue weighted by Gasteiger charge is 2.45. The third kappa shape index (κ3) is 1.96. The van der Waals surface area contributed by atoms with Gasteiger partial charge in [0.05, 0.1) is 0 Å². The van der Waals surface area contributed by atoms with Crippen LogP contribution in [0.5, 0.6) is 0 Å². The molecule has 0 aromatic heterocycles. The number of nitrogens with one attached hydrogen (secondary N) is 1. The zero-order chi connectivity index (χ0) is 11.6. The van der Waals surface area contributed by atoms with Gasteiger partial charge in [0.2, 0.25) is 5.91 Å². The first kappa shape index (κ1) is 11.9. The SMILES string of the molecule is CN(C)C1(C(=O)N2CCNCC2)CCCC1. The van der Waals surface area contributed by atoms with Gasteiger partial charge in [-0.15, -0.1) is 0 Å². The number of hydrogen-bond donors (Lipinski definition) is 1. The number of hydrogen-bond acceptors (Lipinski definition) is 3. The van der Waals surface area contributed by atoms with Crippen LogP contribution in [0, 0.1) is 0 Å². The summed E-state index contributed by atoms with van der Waals surface area (Å²) in [6.07, 6.45) is 4.44. The maximum absolute atomic E-state index is 12.6. The van der Waals surface area contributed by atoms with Crippen LogP contribution in [0.2, 0.25) is 0 Å². The molecule has 1 aliphatic heterocycles. The second-order valence-corrected chi connectivity index (χ2v) is 5.18. The summed E-state index contributed by atoms with van der Waals surface area (Å²) in [5.41, 5.74) is -0.197. The van der Waals surface area contributed by atoms with Crippen LogP contribution in [0.25, 0.3) is 0 Å². The first-order chi connectivity index (χ1) is 7.67. The van der Waals surface area contributed by atoms with Crippen molar-refractivity contribution in [3.63, 3.8) is 0 Å². The summed E-state index contributed by atoms with van der Waals surface area (Å²) >= 11 is 0. The predicted octanol–water partition coefficient (Wildman–Crippen LogP) is 0.293. The van der Waals surface area contributed by atoms with Crippen molar-refractivity contribution in [2.75, 3.05) is 40.3 Å². The van der Waals surface area contributed by atoms with Crippen LogP contribution in [-0.4, -0.2) is 61.5 Å². The summed E-state index contributed by atoms with van der Waals surface area (Å²) in [6.45, 7) is 3.62. The molecule has 1 saturated heterocycles. The van der Waals surface area contributed by atoms with Gasteiger partial charge in [-0.1, -0.05) is 12.8 Å². The first-order valence-electron chi connectivity index (χ1n) is 6.34. The highest BCUT2D eigenvalue weighted by atomic mass is 16.2. The van der Waals surface area contributed by atoms with E-state index in [0.717, 1.165) is 39.0 Å². The lowest BCUT2D eigenvalue weighted by Crippen LogP contribution is -2.59. The van der Waals surface area contributed by atoms with Crippen LogP contribution in [0.3, 0.4) is 0 Å². The molecule has 0 aromatic carbocycles. The van der Waals surface area contributed by atoms with Crippen molar-refractivity contribution in [1.29, 1.82) is 0 Å². The Bertz CT molecular complexity index is 253. The topological polar surface area (TPSA) is 35.6 Å². The Morgan fingerprint density at radius 1 is 1.19 bits per heavy atom. The van der Waals surface area contributed by atoms with Crippen molar-refractivity contribution in [2.45, 2.75) is 31.2 Å². The molecule has 2 fully saturated rings. The molecule has 1 aliphatic carbocycles. The van der Waals surface area contributed by atoms with Gasteiger partial charge in [0.15, 0.2) is 0 Å². The Labute approximate surface area is 98.0 Å². The van der Waals surface area contributed by atoms with E-state index in [1.807, 2.05) is 19.0 Å². The van der Waals surface area contributed by atoms with E-state index < -0.39 is 0 Å². The second-order valence-electron chi connectivity index (χ2n) is 5.18. The van der Waals surface area contributed by atoms with Gasteiger partial charge in [-0.3, -0.25) is 9.69 Å². The Balaban J connectivity index is 2.10. The van der Waals surface area contributed by atoms with Gasteiger partial charge >= 0.3 is 0 Å². The zero-order valence-electron chi connectivity index (χ0n) is 10.5. The lowest BCUT2D eigenvalue weighted by molar-refractivity contribution is -0.143. The molecule has 2 aliphatic rings. The van der Waals surface area contributed by atoms with Crippen molar-refractivity contribution in [3.8, 4) is 0 Å². The molecule has 1 amide bonds. The molecule has 0 radical (unpaired) electrons. The summed E-state index contributed by atoms with van der Waals surface area (Å²) in [5.74, 6) is 0.358. The van der Waals surface area contributed by atoms with Gasteiger partial charge in [-0.2, -0.15) is 0 Å². The normalized spacial score (nSPS) is 25.1. The summed E-state index contributed by atoms with van der Waals surface area (Å²) in [5, 5.41) is 3.29. The maximum Gasteiger partial charge on any atom is 0.243 e. The van der Waals surface area contributed by atoms with Crippen LogP contribution in [0.15, 0.2) is 0 Å². The minimum Gasteiger partial charge on any atom is -0.339 e. The van der Waals surface area contributed by atoms with Crippen molar-refractivity contribution in [1.82, 2.24) is 15.1 Å². The largest absolute Gasteiger partial charge is 0.339 e. The summed E-state index contributed by atoms with van der Waals surface area (Å²) < 4.78 is 0. The molecule has 4 heteroatoms. The van der Waals surface area contributed by atoms with Crippen LogP contribution >= 0.6 is 0 Å². The molecule has 4 nitrogen and oxygen atoms in total. The number of carbonyl (C=O) groups is 1. The number of amides is 1. The number of nitrogens with zero attached hydrogens (tertiary/aromatic N) is 2. The van der Waals surface area contributed by atoms with E-state index in [1.165, 1.54) is 12.8 Å². The molecular formula is C12H23N3O. The molecule has 0 unspecified atom stereocenters. The van der Waals surface area contributed by atoms with Crippen molar-refractivity contribution < 1.29 is 4.79 Å². The van der Waals surface area contributed by atoms with E-state index in [9.17, 15) is 4.79 Å². The molecule has 16 heavy (non-hydrogen) atoms. The van der Waals surface area contributed by atoms with Crippen LogP contribution in [-0.2, 0) is 4.79 Å². The van der Waals surface area contributed by atoms with Crippen LogP contribution in [0.4, 0.5) is 0 Å². The standard InChI is InChI=1S/C12H23N3O/c1-14(2)12(5-3-4-6-12)11(16)15-9-7-13-8-10-15/h13H,3-10H2,1-2H3. The number of likely N-dealkylation sites (N-methyl/N-ethyl adjacent to an activating group) is 1. The summed E-state index contributed by atoms with van der Waals surface area (Å²) in [6, 6.07) is 0. The van der Waals surface area contributed by atoms with E-state index >= 15 is 0 Å². The Hall–Kier alpha value is -0.610. The van der Waals surface area contributed by atoms with E-state index in [1.54, 1.807) is 0 Å². The fourth-order valence-corrected chi connectivity index (χ4v) is 2.97. The summed E-state index contributed by atoms with van der Waals surface area (Å²) in [7, 11) is 4.09. The Morgan fingerprint density at radius 3 is 2.25 bits per heavy atom. The third-order valence-electron chi connectivity index (χ3n) is 4.09. The van der Waals surface area contributed by atoms with E-state index in [4.69, 9.17) is 0 Å². The summed E-state index contributed by atoms with van der Waals surface area (Å²) in [4.78, 5) is 16.8. The lowest BCUT2D eigenvalue weighted by atomic mass is 9.93.